The molecule has 0 bridgehead atoms. The molecule has 0 aromatic heterocycles. The molecule has 0 atom stereocenters. The molecule has 0 fully saturated rings. The summed E-state index contributed by atoms with van der Waals surface area (Å²) in [6.07, 6.45) is 1.53. The molecule has 0 aliphatic carbocycles. The SMILES string of the molecule is CCOc1cc(C(=O)N/N=C/c2ccc(OCc3ccc([N+](=O)[O-])cc3)cc2)ccc1OCc1ccccc1. The fraction of sp³-hybridized carbons (Fsp3) is 0.133. The number of rotatable bonds is 12. The van der Waals surface area contributed by atoms with Crippen molar-refractivity contribution in [1.82, 2.24) is 5.43 Å². The van der Waals surface area contributed by atoms with Gasteiger partial charge in [0.05, 0.1) is 17.7 Å². The summed E-state index contributed by atoms with van der Waals surface area (Å²) in [5.41, 5.74) is 5.55. The Balaban J connectivity index is 1.29. The highest BCUT2D eigenvalue weighted by Crippen LogP contribution is 2.29. The van der Waals surface area contributed by atoms with Crippen molar-refractivity contribution >= 4 is 17.8 Å². The van der Waals surface area contributed by atoms with Crippen molar-refractivity contribution < 1.29 is 23.9 Å². The van der Waals surface area contributed by atoms with Crippen LogP contribution in [0.15, 0.2) is 102 Å². The minimum atomic E-state index is -0.440. The maximum atomic E-state index is 12.6. The van der Waals surface area contributed by atoms with Crippen LogP contribution in [0.5, 0.6) is 17.2 Å². The molecule has 1 N–H and O–H groups in total. The van der Waals surface area contributed by atoms with Crippen LogP contribution in [0.2, 0.25) is 0 Å². The molecule has 1 amide bonds. The van der Waals surface area contributed by atoms with Crippen molar-refractivity contribution in [3.8, 4) is 17.2 Å². The third-order valence-electron chi connectivity index (χ3n) is 5.56. The number of carbonyl (C=O) groups excluding carboxylic acids is 1. The summed E-state index contributed by atoms with van der Waals surface area (Å²) in [6, 6.07) is 28.1. The summed E-state index contributed by atoms with van der Waals surface area (Å²) < 4.78 is 17.3. The number of hydrogen-bond donors (Lipinski definition) is 1. The smallest absolute Gasteiger partial charge is 0.271 e. The van der Waals surface area contributed by atoms with Gasteiger partial charge in [-0.25, -0.2) is 5.43 Å². The van der Waals surface area contributed by atoms with Crippen molar-refractivity contribution in [1.29, 1.82) is 0 Å². The van der Waals surface area contributed by atoms with Gasteiger partial charge in [-0.3, -0.25) is 14.9 Å². The van der Waals surface area contributed by atoms with Gasteiger partial charge in [-0.15, -0.1) is 0 Å². The Morgan fingerprint density at radius 3 is 2.23 bits per heavy atom. The Morgan fingerprint density at radius 1 is 0.846 bits per heavy atom. The quantitative estimate of drug-likeness (QED) is 0.140. The molecule has 0 unspecified atom stereocenters. The predicted octanol–water partition coefficient (Wildman–Crippen LogP) is 5.92. The monoisotopic (exact) mass is 525 g/mol. The topological polar surface area (TPSA) is 112 Å². The van der Waals surface area contributed by atoms with Crippen LogP contribution in [0, 0.1) is 10.1 Å². The number of non-ortho nitro benzene ring substituents is 1. The molecule has 0 spiro atoms. The average Bonchev–Trinajstić information content (AvgIpc) is 2.97. The molecule has 198 valence electrons. The van der Waals surface area contributed by atoms with Crippen LogP contribution in [0.3, 0.4) is 0 Å². The first-order valence-corrected chi connectivity index (χ1v) is 12.2. The van der Waals surface area contributed by atoms with Crippen molar-refractivity contribution in [2.45, 2.75) is 20.1 Å². The zero-order valence-corrected chi connectivity index (χ0v) is 21.3. The Bertz CT molecular complexity index is 1420. The Hall–Kier alpha value is -5.18. The lowest BCUT2D eigenvalue weighted by Crippen LogP contribution is -2.17. The maximum absolute atomic E-state index is 12.6. The normalized spacial score (nSPS) is 10.7. The molecule has 39 heavy (non-hydrogen) atoms. The van der Waals surface area contributed by atoms with E-state index in [1.165, 1.54) is 18.3 Å². The molecule has 4 aromatic rings. The van der Waals surface area contributed by atoms with Crippen LogP contribution in [0.4, 0.5) is 5.69 Å². The van der Waals surface area contributed by atoms with Crippen LogP contribution in [-0.4, -0.2) is 23.7 Å². The first-order chi connectivity index (χ1) is 19.0. The van der Waals surface area contributed by atoms with Gasteiger partial charge in [-0.2, -0.15) is 5.10 Å². The van der Waals surface area contributed by atoms with Gasteiger partial charge in [0.15, 0.2) is 11.5 Å². The number of ether oxygens (including phenoxy) is 3. The first-order valence-electron chi connectivity index (χ1n) is 12.2. The number of hydrogen-bond acceptors (Lipinski definition) is 7. The molecular weight excluding hydrogens is 498 g/mol. The zero-order valence-electron chi connectivity index (χ0n) is 21.3. The van der Waals surface area contributed by atoms with E-state index in [-0.39, 0.29) is 18.2 Å². The standard InChI is InChI=1S/C30H27N3O6/c1-2-37-29-18-25(12-17-28(29)39-21-23-6-4-3-5-7-23)30(34)32-31-19-22-10-15-27(16-11-22)38-20-24-8-13-26(14-9-24)33(35)36/h3-19H,2,20-21H2,1H3,(H,32,34)/b31-19+. The highest BCUT2D eigenvalue weighted by molar-refractivity contribution is 5.95. The van der Waals surface area contributed by atoms with Crippen LogP contribution in [0.1, 0.15) is 34.0 Å². The molecule has 9 heteroatoms. The van der Waals surface area contributed by atoms with Gasteiger partial charge in [-0.1, -0.05) is 30.3 Å². The number of nitro groups is 1. The van der Waals surface area contributed by atoms with Gasteiger partial charge in [0.25, 0.3) is 11.6 Å². The van der Waals surface area contributed by atoms with E-state index in [0.29, 0.717) is 36.0 Å². The number of nitrogens with one attached hydrogen (secondary N) is 1. The predicted molar refractivity (Wildman–Crippen MR) is 147 cm³/mol. The molecule has 0 radical (unpaired) electrons. The van der Waals surface area contributed by atoms with Crippen LogP contribution >= 0.6 is 0 Å². The summed E-state index contributed by atoms with van der Waals surface area (Å²) in [4.78, 5) is 22.9. The lowest BCUT2D eigenvalue weighted by molar-refractivity contribution is -0.384. The number of amides is 1. The van der Waals surface area contributed by atoms with E-state index in [1.54, 1.807) is 54.6 Å². The van der Waals surface area contributed by atoms with Gasteiger partial charge in [0, 0.05) is 17.7 Å². The van der Waals surface area contributed by atoms with Crippen LogP contribution in [-0.2, 0) is 13.2 Å². The van der Waals surface area contributed by atoms with E-state index in [2.05, 4.69) is 10.5 Å². The zero-order chi connectivity index (χ0) is 27.5. The fourth-order valence-corrected chi connectivity index (χ4v) is 3.53. The van der Waals surface area contributed by atoms with E-state index >= 15 is 0 Å². The number of benzene rings is 4. The number of hydrazone groups is 1. The fourth-order valence-electron chi connectivity index (χ4n) is 3.53. The van der Waals surface area contributed by atoms with Crippen molar-refractivity contribution in [3.63, 3.8) is 0 Å². The minimum Gasteiger partial charge on any atom is -0.490 e. The maximum Gasteiger partial charge on any atom is 0.271 e. The second-order valence-electron chi connectivity index (χ2n) is 8.35. The molecule has 0 saturated carbocycles. The Labute approximate surface area is 225 Å². The van der Waals surface area contributed by atoms with Crippen LogP contribution in [0.25, 0.3) is 0 Å². The van der Waals surface area contributed by atoms with Gasteiger partial charge in [-0.05, 0) is 78.2 Å². The Morgan fingerprint density at radius 2 is 1.54 bits per heavy atom. The molecule has 4 rings (SSSR count). The van der Waals surface area contributed by atoms with Gasteiger partial charge >= 0.3 is 0 Å². The molecule has 0 saturated heterocycles. The van der Waals surface area contributed by atoms with E-state index in [0.717, 1.165) is 16.7 Å². The second-order valence-corrected chi connectivity index (χ2v) is 8.35. The summed E-state index contributed by atoms with van der Waals surface area (Å²) in [7, 11) is 0. The average molecular weight is 526 g/mol. The number of carbonyl (C=O) groups is 1. The van der Waals surface area contributed by atoms with Crippen LogP contribution < -0.4 is 19.6 Å². The first kappa shape index (κ1) is 26.9. The van der Waals surface area contributed by atoms with E-state index in [4.69, 9.17) is 14.2 Å². The van der Waals surface area contributed by atoms with E-state index in [9.17, 15) is 14.9 Å². The molecule has 0 aliphatic rings. The third kappa shape index (κ3) is 7.90. The second kappa shape index (κ2) is 13.4. The molecule has 9 nitrogen and oxygen atoms in total. The number of nitrogens with zero attached hydrogens (tertiary/aromatic N) is 2. The van der Waals surface area contributed by atoms with E-state index in [1.807, 2.05) is 37.3 Å². The van der Waals surface area contributed by atoms with Gasteiger partial charge in [0.1, 0.15) is 19.0 Å². The van der Waals surface area contributed by atoms with Crippen molar-refractivity contribution in [2.75, 3.05) is 6.61 Å². The highest BCUT2D eigenvalue weighted by atomic mass is 16.6. The van der Waals surface area contributed by atoms with Crippen molar-refractivity contribution in [2.24, 2.45) is 5.10 Å². The highest BCUT2D eigenvalue weighted by Gasteiger charge is 2.12. The molecular formula is C30H27N3O6. The summed E-state index contributed by atoms with van der Waals surface area (Å²) >= 11 is 0. The summed E-state index contributed by atoms with van der Waals surface area (Å²) in [5.74, 6) is 1.28. The Kier molecular flexibility index (Phi) is 9.22. The van der Waals surface area contributed by atoms with Gasteiger partial charge < -0.3 is 14.2 Å². The molecule has 4 aromatic carbocycles. The lowest BCUT2D eigenvalue weighted by Gasteiger charge is -2.13. The number of nitro benzene ring substituents is 1. The van der Waals surface area contributed by atoms with Gasteiger partial charge in [0.2, 0.25) is 0 Å². The lowest BCUT2D eigenvalue weighted by atomic mass is 10.2. The molecule has 0 aliphatic heterocycles. The third-order valence-corrected chi connectivity index (χ3v) is 5.56. The minimum absolute atomic E-state index is 0.0362. The largest absolute Gasteiger partial charge is 0.490 e. The summed E-state index contributed by atoms with van der Waals surface area (Å²) in [6.45, 7) is 2.96. The molecule has 0 heterocycles. The summed E-state index contributed by atoms with van der Waals surface area (Å²) in [5, 5.41) is 14.8. The van der Waals surface area contributed by atoms with Crippen molar-refractivity contribution in [3.05, 3.63) is 129 Å². The van der Waals surface area contributed by atoms with E-state index < -0.39 is 4.92 Å².